The number of nitriles is 1. The van der Waals surface area contributed by atoms with Crippen molar-refractivity contribution in [1.29, 1.82) is 5.26 Å². The van der Waals surface area contributed by atoms with Crippen molar-refractivity contribution in [2.24, 2.45) is 0 Å². The summed E-state index contributed by atoms with van der Waals surface area (Å²) in [6.07, 6.45) is 1.68. The first-order chi connectivity index (χ1) is 10.2. The van der Waals surface area contributed by atoms with Crippen molar-refractivity contribution in [1.82, 2.24) is 4.98 Å². The van der Waals surface area contributed by atoms with E-state index in [2.05, 4.69) is 15.6 Å². The summed E-state index contributed by atoms with van der Waals surface area (Å²) in [4.78, 5) is 14.6. The Bertz CT molecular complexity index is 667. The molecule has 21 heavy (non-hydrogen) atoms. The summed E-state index contributed by atoms with van der Waals surface area (Å²) >= 11 is 0. The van der Waals surface area contributed by atoms with Crippen molar-refractivity contribution < 1.29 is 4.92 Å². The van der Waals surface area contributed by atoms with Gasteiger partial charge in [-0.15, -0.1) is 0 Å². The van der Waals surface area contributed by atoms with E-state index in [4.69, 9.17) is 5.26 Å². The van der Waals surface area contributed by atoms with E-state index < -0.39 is 4.92 Å². The predicted molar refractivity (Wildman–Crippen MR) is 79.0 cm³/mol. The molecule has 1 aromatic carbocycles. The molecule has 0 atom stereocenters. The molecule has 106 valence electrons. The number of hydrogen-bond acceptors (Lipinski definition) is 6. The van der Waals surface area contributed by atoms with Crippen molar-refractivity contribution >= 4 is 17.2 Å². The molecule has 0 aliphatic rings. The van der Waals surface area contributed by atoms with Gasteiger partial charge in [-0.05, 0) is 24.3 Å². The molecule has 0 saturated carbocycles. The molecule has 1 heterocycles. The highest BCUT2D eigenvalue weighted by molar-refractivity contribution is 5.64. The van der Waals surface area contributed by atoms with Gasteiger partial charge in [0.25, 0.3) is 5.69 Å². The maximum atomic E-state index is 11.0. The zero-order valence-electron chi connectivity index (χ0n) is 11.1. The van der Waals surface area contributed by atoms with E-state index in [1.54, 1.807) is 12.3 Å². The summed E-state index contributed by atoms with van der Waals surface area (Å²) in [6.45, 7) is 1.05. The minimum atomic E-state index is -0.505. The van der Waals surface area contributed by atoms with Gasteiger partial charge in [0.2, 0.25) is 0 Å². The summed E-state index contributed by atoms with van der Waals surface area (Å²) in [5.41, 5.74) is 0.549. The highest BCUT2D eigenvalue weighted by Crippen LogP contribution is 2.24. The zero-order chi connectivity index (χ0) is 15.1. The Morgan fingerprint density at radius 2 is 2.05 bits per heavy atom. The third-order valence-electron chi connectivity index (χ3n) is 2.73. The van der Waals surface area contributed by atoms with Gasteiger partial charge in [0, 0.05) is 25.4 Å². The summed E-state index contributed by atoms with van der Waals surface area (Å²) in [5, 5.41) is 25.8. The minimum Gasteiger partial charge on any atom is -0.378 e. The largest absolute Gasteiger partial charge is 0.378 e. The number of anilines is 2. The first-order valence-corrected chi connectivity index (χ1v) is 6.28. The van der Waals surface area contributed by atoms with Crippen LogP contribution in [0.3, 0.4) is 0 Å². The Hall–Kier alpha value is -3.14. The molecule has 2 N–H and O–H groups in total. The summed E-state index contributed by atoms with van der Waals surface area (Å²) < 4.78 is 0. The molecular weight excluding hydrogens is 270 g/mol. The number of nitro benzene ring substituents is 1. The molecule has 0 spiro atoms. The van der Waals surface area contributed by atoms with E-state index >= 15 is 0 Å². The zero-order valence-corrected chi connectivity index (χ0v) is 11.1. The summed E-state index contributed by atoms with van der Waals surface area (Å²) in [6, 6.07) is 11.8. The molecule has 7 heteroatoms. The molecule has 7 nitrogen and oxygen atoms in total. The highest BCUT2D eigenvalue weighted by atomic mass is 16.6. The summed E-state index contributed by atoms with van der Waals surface area (Å²) in [5.74, 6) is 0.744. The van der Waals surface area contributed by atoms with Crippen LogP contribution in [0, 0.1) is 21.4 Å². The van der Waals surface area contributed by atoms with Crippen LogP contribution in [0.2, 0.25) is 0 Å². The average Bonchev–Trinajstić information content (AvgIpc) is 2.52. The number of nitrogens with one attached hydrogen (secondary N) is 2. The Balaban J connectivity index is 1.94. The molecule has 0 unspecified atom stereocenters. The maximum absolute atomic E-state index is 11.0. The van der Waals surface area contributed by atoms with E-state index in [0.29, 0.717) is 18.8 Å². The van der Waals surface area contributed by atoms with E-state index in [1.807, 2.05) is 24.3 Å². The first-order valence-electron chi connectivity index (χ1n) is 6.28. The van der Waals surface area contributed by atoms with Crippen molar-refractivity contribution in [2.45, 2.75) is 0 Å². The number of benzene rings is 1. The molecule has 1 aromatic heterocycles. The first kappa shape index (κ1) is 14.3. The number of rotatable bonds is 6. The predicted octanol–water partition coefficient (Wildman–Crippen LogP) is 2.39. The Kier molecular flexibility index (Phi) is 4.66. The van der Waals surface area contributed by atoms with E-state index in [0.717, 1.165) is 5.82 Å². The van der Waals surface area contributed by atoms with Crippen LogP contribution in [0.25, 0.3) is 0 Å². The normalized spacial score (nSPS) is 9.67. The smallest absolute Gasteiger partial charge is 0.293 e. The number of nitrogens with zero attached hydrogens (tertiary/aromatic N) is 3. The van der Waals surface area contributed by atoms with Crippen molar-refractivity contribution in [3.8, 4) is 6.07 Å². The fourth-order valence-corrected chi connectivity index (χ4v) is 1.76. The molecule has 0 fully saturated rings. The number of pyridine rings is 1. The van der Waals surface area contributed by atoms with Gasteiger partial charge in [-0.1, -0.05) is 6.07 Å². The fraction of sp³-hybridized carbons (Fsp3) is 0.143. The molecule has 2 rings (SSSR count). The van der Waals surface area contributed by atoms with Crippen LogP contribution in [-0.2, 0) is 0 Å². The Labute approximate surface area is 121 Å². The Morgan fingerprint density at radius 3 is 2.71 bits per heavy atom. The van der Waals surface area contributed by atoms with Crippen LogP contribution >= 0.6 is 0 Å². The average molecular weight is 283 g/mol. The van der Waals surface area contributed by atoms with Crippen LogP contribution in [0.1, 0.15) is 5.56 Å². The second-order valence-electron chi connectivity index (χ2n) is 4.17. The van der Waals surface area contributed by atoms with Crippen molar-refractivity contribution in [3.05, 3.63) is 58.3 Å². The maximum Gasteiger partial charge on any atom is 0.293 e. The fourth-order valence-electron chi connectivity index (χ4n) is 1.76. The van der Waals surface area contributed by atoms with E-state index in [9.17, 15) is 10.1 Å². The lowest BCUT2D eigenvalue weighted by molar-refractivity contribution is -0.384. The molecule has 0 bridgehead atoms. The lowest BCUT2D eigenvalue weighted by Crippen LogP contribution is -2.15. The number of nitro groups is 1. The van der Waals surface area contributed by atoms with Gasteiger partial charge >= 0.3 is 0 Å². The minimum absolute atomic E-state index is 0.105. The standard InChI is InChI=1S/C14H13N5O2/c15-10-11-4-5-12(13(9-11)19(20)21)16-7-8-18-14-3-1-2-6-17-14/h1-6,9,16H,7-8H2,(H,17,18). The van der Waals surface area contributed by atoms with Gasteiger partial charge in [-0.25, -0.2) is 4.98 Å². The van der Waals surface area contributed by atoms with Crippen LogP contribution in [0.5, 0.6) is 0 Å². The van der Waals surface area contributed by atoms with Gasteiger partial charge in [0.05, 0.1) is 16.6 Å². The monoisotopic (exact) mass is 283 g/mol. The van der Waals surface area contributed by atoms with E-state index in [1.165, 1.54) is 12.1 Å². The van der Waals surface area contributed by atoms with E-state index in [-0.39, 0.29) is 11.3 Å². The third-order valence-corrected chi connectivity index (χ3v) is 2.73. The van der Waals surface area contributed by atoms with Crippen LogP contribution in [-0.4, -0.2) is 23.0 Å². The third kappa shape index (κ3) is 3.91. The lowest BCUT2D eigenvalue weighted by atomic mass is 10.2. The Morgan fingerprint density at radius 1 is 1.24 bits per heavy atom. The van der Waals surface area contributed by atoms with Crippen LogP contribution < -0.4 is 10.6 Å². The molecule has 2 aromatic rings. The molecular formula is C14H13N5O2. The molecule has 0 radical (unpaired) electrons. The highest BCUT2D eigenvalue weighted by Gasteiger charge is 2.14. The second-order valence-corrected chi connectivity index (χ2v) is 4.17. The van der Waals surface area contributed by atoms with Gasteiger partial charge in [0.1, 0.15) is 11.5 Å². The van der Waals surface area contributed by atoms with Gasteiger partial charge in [-0.2, -0.15) is 5.26 Å². The second kappa shape index (κ2) is 6.86. The van der Waals surface area contributed by atoms with Crippen LogP contribution in [0.15, 0.2) is 42.6 Å². The molecule has 0 aliphatic heterocycles. The number of aromatic nitrogens is 1. The van der Waals surface area contributed by atoms with Crippen molar-refractivity contribution in [3.63, 3.8) is 0 Å². The molecule has 0 aliphatic carbocycles. The van der Waals surface area contributed by atoms with Crippen molar-refractivity contribution in [2.75, 3.05) is 23.7 Å². The SMILES string of the molecule is N#Cc1ccc(NCCNc2ccccn2)c([N+](=O)[O-])c1. The lowest BCUT2D eigenvalue weighted by Gasteiger charge is -2.08. The van der Waals surface area contributed by atoms with Gasteiger partial charge < -0.3 is 10.6 Å². The summed E-state index contributed by atoms with van der Waals surface area (Å²) in [7, 11) is 0. The van der Waals surface area contributed by atoms with Gasteiger partial charge in [-0.3, -0.25) is 10.1 Å². The number of hydrogen-bond donors (Lipinski definition) is 2. The van der Waals surface area contributed by atoms with Crippen LogP contribution in [0.4, 0.5) is 17.2 Å². The quantitative estimate of drug-likeness (QED) is 0.479. The topological polar surface area (TPSA) is 104 Å². The molecule has 0 saturated heterocycles. The molecule has 0 amide bonds. The van der Waals surface area contributed by atoms with Gasteiger partial charge in [0.15, 0.2) is 0 Å².